The summed E-state index contributed by atoms with van der Waals surface area (Å²) in [7, 11) is 0. The molecule has 2 N–H and O–H groups in total. The van der Waals surface area contributed by atoms with Crippen molar-refractivity contribution in [3.63, 3.8) is 0 Å². The number of thioether (sulfide) groups is 1. The quantitative estimate of drug-likeness (QED) is 0.376. The molecule has 0 amide bonds. The molecule has 11 heteroatoms. The molecule has 1 aromatic carbocycles. The van der Waals surface area contributed by atoms with Gasteiger partial charge in [-0.3, -0.25) is 4.68 Å². The van der Waals surface area contributed by atoms with Crippen molar-refractivity contribution >= 4 is 39.3 Å². The topological polar surface area (TPSA) is 68.5 Å². The molecule has 3 unspecified atom stereocenters. The third-order valence-corrected chi connectivity index (χ3v) is 7.10. The maximum atomic E-state index is 13.8. The lowest BCUT2D eigenvalue weighted by Crippen LogP contribution is -2.48. The number of hydrogen-bond donors (Lipinski definition) is 2. The zero-order valence-electron chi connectivity index (χ0n) is 17.0. The predicted octanol–water partition coefficient (Wildman–Crippen LogP) is 4.43. The normalized spacial score (nSPS) is 22.4. The summed E-state index contributed by atoms with van der Waals surface area (Å²) in [4.78, 5) is 0.910. The average Bonchev–Trinajstić information content (AvgIpc) is 3.21. The monoisotopic (exact) mass is 547 g/mol. The Morgan fingerprint density at radius 3 is 2.78 bits per heavy atom. The van der Waals surface area contributed by atoms with Gasteiger partial charge in [0.1, 0.15) is 34.3 Å². The fraction of sp³-hybridized carbons (Fsp3) is 0.381. The molecule has 1 saturated heterocycles. The van der Waals surface area contributed by atoms with Crippen LogP contribution in [-0.4, -0.2) is 51.8 Å². The molecule has 4 rings (SSSR count). The predicted molar refractivity (Wildman–Crippen MR) is 123 cm³/mol. The molecule has 1 fully saturated rings. The van der Waals surface area contributed by atoms with Gasteiger partial charge in [-0.2, -0.15) is 5.10 Å². The van der Waals surface area contributed by atoms with Crippen LogP contribution in [0.3, 0.4) is 0 Å². The van der Waals surface area contributed by atoms with Crippen LogP contribution >= 0.6 is 39.3 Å². The summed E-state index contributed by atoms with van der Waals surface area (Å²) >= 11 is 10.4. The smallest absolute Gasteiger partial charge is 0.145 e. The van der Waals surface area contributed by atoms with E-state index in [1.165, 1.54) is 22.6 Å². The minimum absolute atomic E-state index is 0.0444. The van der Waals surface area contributed by atoms with Crippen molar-refractivity contribution in [2.45, 2.75) is 37.2 Å². The molecular weight excluding hydrogens is 528 g/mol. The molecule has 172 valence electrons. The molecule has 2 aromatic rings. The zero-order chi connectivity index (χ0) is 22.8. The number of aromatic nitrogens is 2. The van der Waals surface area contributed by atoms with Gasteiger partial charge in [0.25, 0.3) is 0 Å². The van der Waals surface area contributed by atoms with Crippen molar-refractivity contribution in [2.24, 2.45) is 0 Å². The van der Waals surface area contributed by atoms with Crippen molar-refractivity contribution < 1.29 is 23.4 Å². The van der Waals surface area contributed by atoms with E-state index >= 15 is 0 Å². The van der Waals surface area contributed by atoms with Crippen LogP contribution < -0.4 is 5.32 Å². The first kappa shape index (κ1) is 23.7. The fourth-order valence-corrected chi connectivity index (χ4v) is 4.94. The third-order valence-electron chi connectivity index (χ3n) is 5.06. The van der Waals surface area contributed by atoms with Crippen LogP contribution in [0.2, 0.25) is 5.02 Å². The van der Waals surface area contributed by atoms with E-state index in [-0.39, 0.29) is 18.8 Å². The summed E-state index contributed by atoms with van der Waals surface area (Å²) < 4.78 is 41.6. The van der Waals surface area contributed by atoms with Crippen molar-refractivity contribution in [3.8, 4) is 11.1 Å². The molecule has 6 nitrogen and oxygen atoms in total. The van der Waals surface area contributed by atoms with Crippen LogP contribution in [0.5, 0.6) is 0 Å². The fourth-order valence-electron chi connectivity index (χ4n) is 3.20. The standard InChI is InChI=1S/C21H21BrClF2N3O3S/c1-11-19(10-30-11)31-21(32-15-4-14(22)6-26-7-15)18(29)9-28-8-13(5-27-28)12-2-16(24)20(23)17(25)3-12/h2-5,7-8,11,18-19,21,26,29H,6,9-10H2,1H3/t11?,18-,19?,21?/m0/s1. The van der Waals surface area contributed by atoms with Gasteiger partial charge in [-0.1, -0.05) is 39.3 Å². The number of nitrogens with zero attached hydrogens (tertiary/aromatic N) is 2. The van der Waals surface area contributed by atoms with E-state index in [1.807, 2.05) is 19.2 Å². The molecule has 0 aliphatic carbocycles. The van der Waals surface area contributed by atoms with Crippen molar-refractivity contribution in [1.29, 1.82) is 0 Å². The molecule has 1 aromatic heterocycles. The highest BCUT2D eigenvalue weighted by atomic mass is 79.9. The third kappa shape index (κ3) is 5.55. The Balaban J connectivity index is 1.48. The Hall–Kier alpha value is -1.43. The SMILES string of the molecule is CC1OCC1OC(SC1=CNCC(Br)=C1)[C@@H](O)Cn1cc(-c2cc(F)c(Cl)c(F)c2)cn1. The summed E-state index contributed by atoms with van der Waals surface area (Å²) in [6, 6.07) is 2.30. The van der Waals surface area contributed by atoms with Gasteiger partial charge in [0.15, 0.2) is 0 Å². The van der Waals surface area contributed by atoms with Gasteiger partial charge in [-0.25, -0.2) is 8.78 Å². The molecule has 0 spiro atoms. The van der Waals surface area contributed by atoms with Crippen LogP contribution in [-0.2, 0) is 16.0 Å². The molecule has 32 heavy (non-hydrogen) atoms. The number of nitrogens with one attached hydrogen (secondary N) is 1. The van der Waals surface area contributed by atoms with Crippen molar-refractivity contribution in [1.82, 2.24) is 15.1 Å². The number of benzene rings is 1. The van der Waals surface area contributed by atoms with Gasteiger partial charge in [-0.15, -0.1) is 0 Å². The Morgan fingerprint density at radius 1 is 1.41 bits per heavy atom. The lowest BCUT2D eigenvalue weighted by Gasteiger charge is -2.37. The first-order valence-corrected chi connectivity index (χ1v) is 11.9. The zero-order valence-corrected chi connectivity index (χ0v) is 20.1. The van der Waals surface area contributed by atoms with Crippen LogP contribution in [0.15, 0.2) is 46.2 Å². The van der Waals surface area contributed by atoms with Gasteiger partial charge in [-0.05, 0) is 30.7 Å². The number of aliphatic hydroxyl groups is 1. The van der Waals surface area contributed by atoms with Crippen LogP contribution in [0, 0.1) is 11.6 Å². The molecule has 2 aliphatic rings. The molecule has 2 aliphatic heterocycles. The molecule has 0 saturated carbocycles. The molecule has 0 radical (unpaired) electrons. The first-order valence-electron chi connectivity index (χ1n) is 9.89. The highest BCUT2D eigenvalue weighted by molar-refractivity contribution is 9.11. The van der Waals surface area contributed by atoms with Gasteiger partial charge in [0, 0.05) is 33.9 Å². The number of halogens is 4. The lowest BCUT2D eigenvalue weighted by atomic mass is 10.1. The Morgan fingerprint density at radius 2 is 2.16 bits per heavy atom. The van der Waals surface area contributed by atoms with E-state index in [2.05, 4.69) is 26.3 Å². The van der Waals surface area contributed by atoms with Crippen LogP contribution in [0.4, 0.5) is 8.78 Å². The number of rotatable bonds is 8. The van der Waals surface area contributed by atoms with E-state index < -0.39 is 28.2 Å². The van der Waals surface area contributed by atoms with Crippen molar-refractivity contribution in [2.75, 3.05) is 13.2 Å². The summed E-state index contributed by atoms with van der Waals surface area (Å²) in [6.45, 7) is 3.23. The summed E-state index contributed by atoms with van der Waals surface area (Å²) in [5, 5.41) is 17.8. The van der Waals surface area contributed by atoms with Crippen LogP contribution in [0.1, 0.15) is 6.92 Å². The molecule has 4 atom stereocenters. The molecular formula is C21H21BrClF2N3O3S. The Kier molecular flexibility index (Phi) is 7.58. The van der Waals surface area contributed by atoms with Crippen LogP contribution in [0.25, 0.3) is 11.1 Å². The number of allylic oxidation sites excluding steroid dienone is 1. The minimum atomic E-state index is -0.908. The largest absolute Gasteiger partial charge is 0.388 e. The Labute approximate surface area is 201 Å². The summed E-state index contributed by atoms with van der Waals surface area (Å²) in [6.07, 6.45) is 5.87. The van der Waals surface area contributed by atoms with E-state index in [0.29, 0.717) is 24.3 Å². The second kappa shape index (κ2) is 10.2. The van der Waals surface area contributed by atoms with E-state index in [4.69, 9.17) is 21.1 Å². The molecule has 3 heterocycles. The van der Waals surface area contributed by atoms with Gasteiger partial charge in [0.2, 0.25) is 0 Å². The summed E-state index contributed by atoms with van der Waals surface area (Å²) in [5.74, 6) is -1.69. The summed E-state index contributed by atoms with van der Waals surface area (Å²) in [5.41, 5.74) is 0.233. The van der Waals surface area contributed by atoms with Gasteiger partial charge in [0.05, 0.1) is 25.5 Å². The highest BCUT2D eigenvalue weighted by Crippen LogP contribution is 2.33. The average molecular weight is 549 g/mol. The number of hydrogen-bond acceptors (Lipinski definition) is 6. The lowest BCUT2D eigenvalue weighted by molar-refractivity contribution is -0.196. The second-order valence-electron chi connectivity index (χ2n) is 7.49. The second-order valence-corrected chi connectivity index (χ2v) is 10.1. The van der Waals surface area contributed by atoms with E-state index in [1.54, 1.807) is 6.20 Å². The maximum absolute atomic E-state index is 13.8. The Bertz CT molecular complexity index is 1030. The maximum Gasteiger partial charge on any atom is 0.145 e. The number of aliphatic hydroxyl groups excluding tert-OH is 1. The highest BCUT2D eigenvalue weighted by Gasteiger charge is 2.34. The molecule has 0 bridgehead atoms. The van der Waals surface area contributed by atoms with Gasteiger partial charge >= 0.3 is 0 Å². The van der Waals surface area contributed by atoms with Gasteiger partial charge < -0.3 is 19.9 Å². The minimum Gasteiger partial charge on any atom is -0.388 e. The van der Waals surface area contributed by atoms with Crippen molar-refractivity contribution in [3.05, 3.63) is 62.8 Å². The first-order chi connectivity index (χ1) is 15.3. The van der Waals surface area contributed by atoms with E-state index in [0.717, 1.165) is 21.5 Å². The number of dihydropyridines is 1. The number of ether oxygens (including phenoxy) is 2. The van der Waals surface area contributed by atoms with E-state index in [9.17, 15) is 13.9 Å².